The summed E-state index contributed by atoms with van der Waals surface area (Å²) in [6.45, 7) is 0. The van der Waals surface area contributed by atoms with E-state index >= 15 is 0 Å². The van der Waals surface area contributed by atoms with Gasteiger partial charge in [0.15, 0.2) is 5.13 Å². The molecule has 1 aromatic carbocycles. The van der Waals surface area contributed by atoms with Crippen molar-refractivity contribution in [2.45, 2.75) is 6.42 Å². The lowest BCUT2D eigenvalue weighted by Gasteiger charge is -2.00. The quantitative estimate of drug-likeness (QED) is 0.496. The van der Waals surface area contributed by atoms with E-state index in [1.54, 1.807) is 12.3 Å². The number of thiophene rings is 1. The number of hydrogen-bond donors (Lipinski definition) is 1. The number of thiazole rings is 1. The number of amides is 1. The molecule has 0 saturated heterocycles. The Morgan fingerprint density at radius 1 is 1.32 bits per heavy atom. The van der Waals surface area contributed by atoms with E-state index in [1.165, 1.54) is 22.7 Å². The van der Waals surface area contributed by atoms with Gasteiger partial charge < -0.3 is 0 Å². The SMILES string of the molecule is N#C/C(=C\c1cccs1)C(=O)Nc1ncc(Cc2ccc(Cl)cc2)s1. The third kappa shape index (κ3) is 4.77. The molecule has 0 saturated carbocycles. The fourth-order valence-electron chi connectivity index (χ4n) is 2.08. The Hall–Kier alpha value is -2.46. The molecule has 0 aliphatic heterocycles. The van der Waals surface area contributed by atoms with Crippen LogP contribution in [0.25, 0.3) is 6.08 Å². The molecule has 25 heavy (non-hydrogen) atoms. The van der Waals surface area contributed by atoms with Crippen molar-refractivity contribution in [1.82, 2.24) is 4.98 Å². The van der Waals surface area contributed by atoms with Gasteiger partial charge in [0.25, 0.3) is 5.91 Å². The molecule has 0 spiro atoms. The topological polar surface area (TPSA) is 65.8 Å². The number of aromatic nitrogens is 1. The van der Waals surface area contributed by atoms with E-state index in [9.17, 15) is 10.1 Å². The van der Waals surface area contributed by atoms with Crippen molar-refractivity contribution in [3.8, 4) is 6.07 Å². The highest BCUT2D eigenvalue weighted by Gasteiger charge is 2.12. The Bertz CT molecular complexity index is 938. The van der Waals surface area contributed by atoms with Crippen LogP contribution in [-0.2, 0) is 11.2 Å². The standard InChI is InChI=1S/C18H12ClN3OS2/c19-14-5-3-12(4-6-14)8-16-11-21-18(25-16)22-17(23)13(10-20)9-15-2-1-7-24-15/h1-7,9,11H,8H2,(H,21,22,23)/b13-9+. The summed E-state index contributed by atoms with van der Waals surface area (Å²) in [5, 5.41) is 14.9. The summed E-state index contributed by atoms with van der Waals surface area (Å²) >= 11 is 8.73. The summed E-state index contributed by atoms with van der Waals surface area (Å²) in [4.78, 5) is 18.3. The van der Waals surface area contributed by atoms with Gasteiger partial charge in [-0.3, -0.25) is 10.1 Å². The van der Waals surface area contributed by atoms with E-state index < -0.39 is 5.91 Å². The Morgan fingerprint density at radius 2 is 2.12 bits per heavy atom. The molecule has 0 bridgehead atoms. The van der Waals surface area contributed by atoms with Crippen LogP contribution in [0.1, 0.15) is 15.3 Å². The largest absolute Gasteiger partial charge is 0.297 e. The number of carbonyl (C=O) groups is 1. The molecule has 4 nitrogen and oxygen atoms in total. The van der Waals surface area contributed by atoms with Crippen LogP contribution in [0.3, 0.4) is 0 Å². The van der Waals surface area contributed by atoms with Crippen molar-refractivity contribution in [3.63, 3.8) is 0 Å². The maximum Gasteiger partial charge on any atom is 0.268 e. The zero-order chi connectivity index (χ0) is 17.6. The number of nitriles is 1. The number of hydrogen-bond acceptors (Lipinski definition) is 5. The van der Waals surface area contributed by atoms with E-state index in [0.717, 1.165) is 15.3 Å². The number of rotatable bonds is 5. The van der Waals surface area contributed by atoms with Crippen LogP contribution in [0, 0.1) is 11.3 Å². The minimum Gasteiger partial charge on any atom is -0.297 e. The number of halogens is 1. The maximum atomic E-state index is 12.2. The van der Waals surface area contributed by atoms with Crippen molar-refractivity contribution in [1.29, 1.82) is 5.26 Å². The molecule has 3 aromatic rings. The first-order chi connectivity index (χ1) is 12.1. The molecule has 7 heteroatoms. The van der Waals surface area contributed by atoms with Gasteiger partial charge in [-0.25, -0.2) is 4.98 Å². The zero-order valence-corrected chi connectivity index (χ0v) is 15.3. The highest BCUT2D eigenvalue weighted by molar-refractivity contribution is 7.15. The number of nitrogens with zero attached hydrogens (tertiary/aromatic N) is 2. The highest BCUT2D eigenvalue weighted by atomic mass is 35.5. The molecule has 0 atom stereocenters. The molecule has 0 fully saturated rings. The average Bonchev–Trinajstić information content (AvgIpc) is 3.26. The van der Waals surface area contributed by atoms with Gasteiger partial charge in [0.05, 0.1) is 0 Å². The molecular formula is C18H12ClN3OS2. The second kappa shape index (κ2) is 8.08. The van der Waals surface area contributed by atoms with Gasteiger partial charge in [-0.15, -0.1) is 22.7 Å². The molecule has 0 aliphatic rings. The predicted molar refractivity (Wildman–Crippen MR) is 103 cm³/mol. The van der Waals surface area contributed by atoms with Crippen LogP contribution in [0.4, 0.5) is 5.13 Å². The van der Waals surface area contributed by atoms with Crippen LogP contribution < -0.4 is 5.32 Å². The number of anilines is 1. The van der Waals surface area contributed by atoms with Crippen molar-refractivity contribution in [3.05, 3.63) is 73.9 Å². The van der Waals surface area contributed by atoms with Gasteiger partial charge in [-0.1, -0.05) is 29.8 Å². The van der Waals surface area contributed by atoms with Crippen molar-refractivity contribution in [2.24, 2.45) is 0 Å². The lowest BCUT2D eigenvalue weighted by Crippen LogP contribution is -2.13. The highest BCUT2D eigenvalue weighted by Crippen LogP contribution is 2.23. The molecule has 0 unspecified atom stereocenters. The molecule has 0 radical (unpaired) electrons. The fourth-order valence-corrected chi connectivity index (χ4v) is 3.70. The molecule has 0 aliphatic carbocycles. The lowest BCUT2D eigenvalue weighted by atomic mass is 10.1. The number of nitrogens with one attached hydrogen (secondary N) is 1. The smallest absolute Gasteiger partial charge is 0.268 e. The lowest BCUT2D eigenvalue weighted by molar-refractivity contribution is -0.112. The first-order valence-corrected chi connectivity index (χ1v) is 9.37. The number of carbonyl (C=O) groups excluding carboxylic acids is 1. The Kier molecular flexibility index (Phi) is 5.61. The Balaban J connectivity index is 1.67. The predicted octanol–water partition coefficient (Wildman–Crippen LogP) is 4.99. The summed E-state index contributed by atoms with van der Waals surface area (Å²) in [6, 6.07) is 13.2. The van der Waals surface area contributed by atoms with Crippen LogP contribution in [0.2, 0.25) is 5.02 Å². The monoisotopic (exact) mass is 385 g/mol. The number of benzene rings is 1. The summed E-state index contributed by atoms with van der Waals surface area (Å²) in [6.07, 6.45) is 4.01. The summed E-state index contributed by atoms with van der Waals surface area (Å²) in [5.41, 5.74) is 1.16. The second-order valence-electron chi connectivity index (χ2n) is 5.07. The van der Waals surface area contributed by atoms with E-state index in [4.69, 9.17) is 11.6 Å². The van der Waals surface area contributed by atoms with Gasteiger partial charge in [-0.05, 0) is 35.2 Å². The van der Waals surface area contributed by atoms with E-state index in [0.29, 0.717) is 16.6 Å². The van der Waals surface area contributed by atoms with E-state index in [2.05, 4.69) is 10.3 Å². The molecule has 2 aromatic heterocycles. The average molecular weight is 386 g/mol. The maximum absolute atomic E-state index is 12.2. The first-order valence-electron chi connectivity index (χ1n) is 7.30. The molecule has 3 rings (SSSR count). The summed E-state index contributed by atoms with van der Waals surface area (Å²) < 4.78 is 0. The van der Waals surface area contributed by atoms with Crippen LogP contribution in [0.5, 0.6) is 0 Å². The van der Waals surface area contributed by atoms with Crippen LogP contribution >= 0.6 is 34.3 Å². The molecular weight excluding hydrogens is 374 g/mol. The van der Waals surface area contributed by atoms with Gasteiger partial charge in [0.2, 0.25) is 0 Å². The Morgan fingerprint density at radius 3 is 2.80 bits per heavy atom. The second-order valence-corrected chi connectivity index (χ2v) is 7.61. The summed E-state index contributed by atoms with van der Waals surface area (Å²) in [7, 11) is 0. The first kappa shape index (κ1) is 17.4. The minimum absolute atomic E-state index is 0.0527. The molecule has 1 N–H and O–H groups in total. The normalized spacial score (nSPS) is 11.1. The van der Waals surface area contributed by atoms with Crippen molar-refractivity contribution in [2.75, 3.05) is 5.32 Å². The molecule has 2 heterocycles. The van der Waals surface area contributed by atoms with E-state index in [1.807, 2.05) is 47.8 Å². The van der Waals surface area contributed by atoms with Crippen molar-refractivity contribution < 1.29 is 4.79 Å². The van der Waals surface area contributed by atoms with Crippen LogP contribution in [0.15, 0.2) is 53.5 Å². The third-order valence-corrected chi connectivity index (χ3v) is 5.24. The van der Waals surface area contributed by atoms with Gasteiger partial charge in [-0.2, -0.15) is 5.26 Å². The Labute approximate surface area is 158 Å². The van der Waals surface area contributed by atoms with Gasteiger partial charge in [0, 0.05) is 27.4 Å². The zero-order valence-electron chi connectivity index (χ0n) is 12.9. The van der Waals surface area contributed by atoms with Gasteiger partial charge in [0.1, 0.15) is 11.6 Å². The summed E-state index contributed by atoms with van der Waals surface area (Å²) in [5.74, 6) is -0.455. The minimum atomic E-state index is -0.455. The molecule has 1 amide bonds. The molecule has 124 valence electrons. The van der Waals surface area contributed by atoms with Gasteiger partial charge >= 0.3 is 0 Å². The van der Waals surface area contributed by atoms with E-state index in [-0.39, 0.29) is 5.57 Å². The third-order valence-electron chi connectivity index (χ3n) is 3.26. The fraction of sp³-hybridized carbons (Fsp3) is 0.0556. The van der Waals surface area contributed by atoms with Crippen molar-refractivity contribution >= 4 is 51.4 Å². The van der Waals surface area contributed by atoms with Crippen LogP contribution in [-0.4, -0.2) is 10.9 Å².